The molecule has 10 nitrogen and oxygen atoms in total. The van der Waals surface area contributed by atoms with E-state index in [9.17, 15) is 4.79 Å². The van der Waals surface area contributed by atoms with Gasteiger partial charge in [-0.25, -0.2) is 9.97 Å². The van der Waals surface area contributed by atoms with Crippen molar-refractivity contribution in [2.24, 2.45) is 0 Å². The van der Waals surface area contributed by atoms with E-state index in [4.69, 9.17) is 4.74 Å². The minimum absolute atomic E-state index is 0.104. The maximum Gasteiger partial charge on any atom is 0.247 e. The summed E-state index contributed by atoms with van der Waals surface area (Å²) in [5, 5.41) is 9.33. The summed E-state index contributed by atoms with van der Waals surface area (Å²) in [4.78, 5) is 30.0. The van der Waals surface area contributed by atoms with Crippen molar-refractivity contribution < 1.29 is 9.53 Å². The molecule has 4 rings (SSSR count). The van der Waals surface area contributed by atoms with E-state index in [0.717, 1.165) is 42.0 Å². The van der Waals surface area contributed by atoms with Crippen molar-refractivity contribution in [2.45, 2.75) is 26.3 Å². The second-order valence-corrected chi connectivity index (χ2v) is 10.7. The van der Waals surface area contributed by atoms with Crippen LogP contribution in [-0.4, -0.2) is 64.6 Å². The van der Waals surface area contributed by atoms with Crippen LogP contribution in [0.15, 0.2) is 59.9 Å². The van der Waals surface area contributed by atoms with E-state index in [1.807, 2.05) is 36.4 Å². The number of benzene rings is 2. The van der Waals surface area contributed by atoms with Gasteiger partial charge in [0, 0.05) is 47.9 Å². The molecule has 0 atom stereocenters. The van der Waals surface area contributed by atoms with E-state index in [2.05, 4.69) is 84.0 Å². The number of ether oxygens (including phenoxy) is 1. The molecule has 11 heteroatoms. The molecule has 3 N–H and O–H groups in total. The number of nitrogens with zero attached hydrogens (tertiary/aromatic N) is 5. The van der Waals surface area contributed by atoms with Crippen LogP contribution in [0.2, 0.25) is 0 Å². The monoisotopic (exact) mass is 580 g/mol. The predicted molar refractivity (Wildman–Crippen MR) is 156 cm³/mol. The molecule has 1 aromatic heterocycles. The van der Waals surface area contributed by atoms with Crippen LogP contribution in [0, 0.1) is 0 Å². The first-order chi connectivity index (χ1) is 18.2. The number of rotatable bonds is 8. The van der Waals surface area contributed by atoms with Crippen molar-refractivity contribution in [2.75, 3.05) is 54.1 Å². The van der Waals surface area contributed by atoms with Gasteiger partial charge in [-0.15, -0.1) is 0 Å². The summed E-state index contributed by atoms with van der Waals surface area (Å²) in [6.07, 6.45) is 2.68. The Balaban J connectivity index is 1.61. The van der Waals surface area contributed by atoms with E-state index in [1.54, 1.807) is 7.11 Å². The fourth-order valence-electron chi connectivity index (χ4n) is 4.23. The first-order valence-corrected chi connectivity index (χ1v) is 13.1. The van der Waals surface area contributed by atoms with Crippen molar-refractivity contribution in [3.8, 4) is 5.75 Å². The number of halogens is 1. The third-order valence-corrected chi connectivity index (χ3v) is 6.72. The Morgan fingerprint density at radius 1 is 1.05 bits per heavy atom. The number of methoxy groups -OCH3 is 1. The molecule has 200 valence electrons. The molecule has 0 unspecified atom stereocenters. The first kappa shape index (κ1) is 27.3. The van der Waals surface area contributed by atoms with E-state index in [0.29, 0.717) is 29.0 Å². The van der Waals surface area contributed by atoms with Gasteiger partial charge in [0.25, 0.3) is 0 Å². The van der Waals surface area contributed by atoms with Crippen LogP contribution in [0.3, 0.4) is 0 Å². The third kappa shape index (κ3) is 6.78. The highest BCUT2D eigenvalue weighted by Crippen LogP contribution is 2.39. The van der Waals surface area contributed by atoms with Crippen molar-refractivity contribution in [1.82, 2.24) is 19.9 Å². The number of hydrogen-bond acceptors (Lipinski definition) is 9. The third-order valence-electron chi connectivity index (χ3n) is 6.23. The Morgan fingerprint density at radius 2 is 1.76 bits per heavy atom. The molecule has 1 aliphatic heterocycles. The van der Waals surface area contributed by atoms with Crippen LogP contribution in [0.25, 0.3) is 0 Å². The number of piperazine rings is 1. The maximum atomic E-state index is 12.3. The molecule has 1 fully saturated rings. The summed E-state index contributed by atoms with van der Waals surface area (Å²) in [7, 11) is 1.61. The second kappa shape index (κ2) is 11.8. The van der Waals surface area contributed by atoms with Crippen LogP contribution in [0.4, 0.5) is 34.6 Å². The zero-order valence-electron chi connectivity index (χ0n) is 22.1. The summed E-state index contributed by atoms with van der Waals surface area (Å²) in [6.45, 7) is 13.8. The zero-order chi connectivity index (χ0) is 27.3. The SMILES string of the molecule is C=CC(=O)Nc1cc(Nc2ncnc(Nc3cccc(Br)c3)n2)c(OC)cc1N1CCN(C(C)(C)C)CC1. The summed E-state index contributed by atoms with van der Waals surface area (Å²) >= 11 is 3.46. The van der Waals surface area contributed by atoms with Crippen LogP contribution in [0.5, 0.6) is 5.75 Å². The molecule has 1 saturated heterocycles. The molecule has 38 heavy (non-hydrogen) atoms. The molecule has 0 saturated carbocycles. The molecule has 2 aromatic carbocycles. The molecule has 0 bridgehead atoms. The number of carbonyl (C=O) groups is 1. The standard InChI is InChI=1S/C27H33BrN8O2/c1-6-24(37)32-20-15-21(23(38-5)16-22(20)35-10-12-36(13-11-35)27(2,3)4)33-26-30-17-29-25(34-26)31-19-9-7-8-18(28)14-19/h6-9,14-17H,1,10-13H2,2-5H3,(H,32,37)(H2,29,30,31,33,34). The maximum absolute atomic E-state index is 12.3. The topological polar surface area (TPSA) is 108 Å². The highest BCUT2D eigenvalue weighted by Gasteiger charge is 2.27. The fourth-order valence-corrected chi connectivity index (χ4v) is 4.63. The van der Waals surface area contributed by atoms with E-state index in [-0.39, 0.29) is 11.4 Å². The van der Waals surface area contributed by atoms with Gasteiger partial charge >= 0.3 is 0 Å². The minimum atomic E-state index is -0.295. The lowest BCUT2D eigenvalue weighted by Crippen LogP contribution is -2.53. The van der Waals surface area contributed by atoms with Crippen LogP contribution in [0.1, 0.15) is 20.8 Å². The van der Waals surface area contributed by atoms with Crippen LogP contribution >= 0.6 is 15.9 Å². The van der Waals surface area contributed by atoms with Gasteiger partial charge in [-0.1, -0.05) is 28.6 Å². The smallest absolute Gasteiger partial charge is 0.247 e. The lowest BCUT2D eigenvalue weighted by atomic mass is 10.0. The molecule has 0 aliphatic carbocycles. The molecule has 0 radical (unpaired) electrons. The summed E-state index contributed by atoms with van der Waals surface area (Å²) in [5.74, 6) is 1.00. The van der Waals surface area contributed by atoms with Gasteiger partial charge in [0.15, 0.2) is 0 Å². The zero-order valence-corrected chi connectivity index (χ0v) is 23.7. The first-order valence-electron chi connectivity index (χ1n) is 12.3. The van der Waals surface area contributed by atoms with Gasteiger partial charge in [-0.05, 0) is 51.1 Å². The number of hydrogen-bond donors (Lipinski definition) is 3. The Hall–Kier alpha value is -3.70. The molecule has 1 aliphatic rings. The average Bonchev–Trinajstić information content (AvgIpc) is 2.88. The number of aromatic nitrogens is 3. The highest BCUT2D eigenvalue weighted by atomic mass is 79.9. The Bertz CT molecular complexity index is 1300. The van der Waals surface area contributed by atoms with Crippen molar-refractivity contribution in [3.05, 3.63) is 59.9 Å². The van der Waals surface area contributed by atoms with Gasteiger partial charge in [-0.2, -0.15) is 4.98 Å². The predicted octanol–water partition coefficient (Wildman–Crippen LogP) is 5.17. The lowest BCUT2D eigenvalue weighted by Gasteiger charge is -2.43. The van der Waals surface area contributed by atoms with Gasteiger partial charge in [-0.3, -0.25) is 9.69 Å². The Labute approximate surface area is 231 Å². The van der Waals surface area contributed by atoms with E-state index in [1.165, 1.54) is 12.4 Å². The Kier molecular flexibility index (Phi) is 8.48. The van der Waals surface area contributed by atoms with Crippen molar-refractivity contribution in [3.63, 3.8) is 0 Å². The number of anilines is 6. The molecule has 2 heterocycles. The largest absolute Gasteiger partial charge is 0.494 e. The number of nitrogens with one attached hydrogen (secondary N) is 3. The minimum Gasteiger partial charge on any atom is -0.494 e. The molecular formula is C27H33BrN8O2. The highest BCUT2D eigenvalue weighted by molar-refractivity contribution is 9.10. The normalized spacial score (nSPS) is 14.1. The van der Waals surface area contributed by atoms with Gasteiger partial charge in [0.2, 0.25) is 17.8 Å². The van der Waals surface area contributed by atoms with Crippen LogP contribution < -0.4 is 25.6 Å². The van der Waals surface area contributed by atoms with Gasteiger partial charge < -0.3 is 25.6 Å². The molecule has 0 spiro atoms. The van der Waals surface area contributed by atoms with Gasteiger partial charge in [0.05, 0.1) is 24.2 Å². The number of amides is 1. The summed E-state index contributed by atoms with van der Waals surface area (Å²) < 4.78 is 6.66. The number of carbonyl (C=O) groups excluding carboxylic acids is 1. The molecule has 1 amide bonds. The fraction of sp³-hybridized carbons (Fsp3) is 0.333. The van der Waals surface area contributed by atoms with Gasteiger partial charge in [0.1, 0.15) is 12.1 Å². The summed E-state index contributed by atoms with van der Waals surface area (Å²) in [6, 6.07) is 11.5. The van der Waals surface area contributed by atoms with E-state index < -0.39 is 0 Å². The Morgan fingerprint density at radius 3 is 2.39 bits per heavy atom. The van der Waals surface area contributed by atoms with Crippen molar-refractivity contribution >= 4 is 56.5 Å². The lowest BCUT2D eigenvalue weighted by molar-refractivity contribution is -0.111. The van der Waals surface area contributed by atoms with E-state index >= 15 is 0 Å². The van der Waals surface area contributed by atoms with Crippen LogP contribution in [-0.2, 0) is 4.79 Å². The molecular weight excluding hydrogens is 548 g/mol. The summed E-state index contributed by atoms with van der Waals surface area (Å²) in [5.41, 5.74) is 3.06. The average molecular weight is 582 g/mol. The van der Waals surface area contributed by atoms with Crippen molar-refractivity contribution in [1.29, 1.82) is 0 Å². The second-order valence-electron chi connectivity index (χ2n) is 9.80. The molecule has 3 aromatic rings. The quantitative estimate of drug-likeness (QED) is 0.311.